The standard InChI is InChI=1S/C21H18F3NO3/c1-27-16-10-13(9-14(11-16)21(22,23)24)17-18(26)19(12-5-3-2-4-6-12)28-20(17)25-15-7-8-15/h2-6,9-11,15,25-26H,7-8H2,1H3. The van der Waals surface area contributed by atoms with Gasteiger partial charge >= 0.3 is 6.18 Å². The number of ether oxygens (including phenoxy) is 1. The van der Waals surface area contributed by atoms with Gasteiger partial charge in [-0.3, -0.25) is 0 Å². The van der Waals surface area contributed by atoms with Crippen molar-refractivity contribution in [1.29, 1.82) is 0 Å². The van der Waals surface area contributed by atoms with Crippen molar-refractivity contribution in [2.45, 2.75) is 25.1 Å². The van der Waals surface area contributed by atoms with E-state index in [-0.39, 0.29) is 40.3 Å². The fourth-order valence-corrected chi connectivity index (χ4v) is 3.02. The minimum absolute atomic E-state index is 0.0454. The highest BCUT2D eigenvalue weighted by Crippen LogP contribution is 2.49. The van der Waals surface area contributed by atoms with Crippen LogP contribution >= 0.6 is 0 Å². The van der Waals surface area contributed by atoms with Crippen LogP contribution in [0.1, 0.15) is 18.4 Å². The van der Waals surface area contributed by atoms with Gasteiger partial charge in [-0.15, -0.1) is 0 Å². The molecule has 2 aromatic carbocycles. The van der Waals surface area contributed by atoms with Gasteiger partial charge in [0.15, 0.2) is 11.5 Å². The number of anilines is 1. The number of hydrogen-bond donors (Lipinski definition) is 2. The monoisotopic (exact) mass is 389 g/mol. The highest BCUT2D eigenvalue weighted by molar-refractivity contribution is 5.88. The smallest absolute Gasteiger partial charge is 0.416 e. The van der Waals surface area contributed by atoms with Gasteiger partial charge in [-0.05, 0) is 36.6 Å². The third kappa shape index (κ3) is 3.52. The van der Waals surface area contributed by atoms with Gasteiger partial charge in [0.1, 0.15) is 5.75 Å². The van der Waals surface area contributed by atoms with E-state index in [1.54, 1.807) is 24.3 Å². The van der Waals surface area contributed by atoms with Crippen molar-refractivity contribution in [3.63, 3.8) is 0 Å². The molecule has 0 aliphatic heterocycles. The quantitative estimate of drug-likeness (QED) is 0.569. The molecule has 0 saturated heterocycles. The molecule has 1 fully saturated rings. The van der Waals surface area contributed by atoms with Gasteiger partial charge in [0.05, 0.1) is 18.2 Å². The summed E-state index contributed by atoms with van der Waals surface area (Å²) in [5.41, 5.74) is 0.124. The molecule has 0 amide bonds. The Morgan fingerprint density at radius 2 is 1.79 bits per heavy atom. The van der Waals surface area contributed by atoms with Gasteiger partial charge in [0.2, 0.25) is 5.88 Å². The predicted octanol–water partition coefficient (Wildman–Crippen LogP) is 5.92. The Kier molecular flexibility index (Phi) is 4.45. The van der Waals surface area contributed by atoms with Crippen LogP contribution < -0.4 is 10.1 Å². The molecule has 4 rings (SSSR count). The van der Waals surface area contributed by atoms with Crippen LogP contribution in [0.3, 0.4) is 0 Å². The number of furan rings is 1. The van der Waals surface area contributed by atoms with Crippen LogP contribution in [0.15, 0.2) is 52.9 Å². The van der Waals surface area contributed by atoms with Crippen molar-refractivity contribution in [2.75, 3.05) is 12.4 Å². The topological polar surface area (TPSA) is 54.6 Å². The molecular weight excluding hydrogens is 371 g/mol. The molecular formula is C21H18F3NO3. The summed E-state index contributed by atoms with van der Waals surface area (Å²) in [5.74, 6) is 0.287. The van der Waals surface area contributed by atoms with Crippen LogP contribution in [0.5, 0.6) is 11.5 Å². The molecule has 1 heterocycles. The number of aromatic hydroxyl groups is 1. The highest BCUT2D eigenvalue weighted by atomic mass is 19.4. The molecule has 1 aliphatic rings. The lowest BCUT2D eigenvalue weighted by Gasteiger charge is -2.12. The van der Waals surface area contributed by atoms with E-state index in [0.29, 0.717) is 5.56 Å². The molecule has 28 heavy (non-hydrogen) atoms. The number of hydrogen-bond acceptors (Lipinski definition) is 4. The molecule has 146 valence electrons. The second kappa shape index (κ2) is 6.82. The van der Waals surface area contributed by atoms with Crippen LogP contribution in [-0.2, 0) is 6.18 Å². The zero-order valence-electron chi connectivity index (χ0n) is 15.0. The Balaban J connectivity index is 1.90. The van der Waals surface area contributed by atoms with Crippen molar-refractivity contribution in [1.82, 2.24) is 0 Å². The fourth-order valence-electron chi connectivity index (χ4n) is 3.02. The lowest BCUT2D eigenvalue weighted by molar-refractivity contribution is -0.137. The van der Waals surface area contributed by atoms with Gasteiger partial charge in [0.25, 0.3) is 0 Å². The van der Waals surface area contributed by atoms with E-state index >= 15 is 0 Å². The van der Waals surface area contributed by atoms with Crippen LogP contribution in [-0.4, -0.2) is 18.3 Å². The fraction of sp³-hybridized carbons (Fsp3) is 0.238. The largest absolute Gasteiger partial charge is 0.504 e. The second-order valence-electron chi connectivity index (χ2n) is 6.72. The van der Waals surface area contributed by atoms with E-state index in [4.69, 9.17) is 9.15 Å². The number of benzene rings is 2. The van der Waals surface area contributed by atoms with Gasteiger partial charge in [-0.1, -0.05) is 30.3 Å². The molecule has 1 aliphatic carbocycles. The number of alkyl halides is 3. The van der Waals surface area contributed by atoms with E-state index < -0.39 is 11.7 Å². The van der Waals surface area contributed by atoms with E-state index in [2.05, 4.69) is 5.32 Å². The summed E-state index contributed by atoms with van der Waals surface area (Å²) in [6.07, 6.45) is -2.67. The van der Waals surface area contributed by atoms with Crippen molar-refractivity contribution < 1.29 is 27.4 Å². The Bertz CT molecular complexity index is 992. The minimum Gasteiger partial charge on any atom is -0.504 e. The van der Waals surface area contributed by atoms with Crippen LogP contribution in [0.25, 0.3) is 22.5 Å². The van der Waals surface area contributed by atoms with E-state index in [1.165, 1.54) is 13.2 Å². The zero-order valence-corrected chi connectivity index (χ0v) is 15.0. The Labute approximate surface area is 159 Å². The maximum absolute atomic E-state index is 13.3. The van der Waals surface area contributed by atoms with Crippen molar-refractivity contribution in [3.8, 4) is 33.9 Å². The summed E-state index contributed by atoms with van der Waals surface area (Å²) in [7, 11) is 1.30. The van der Waals surface area contributed by atoms with E-state index in [9.17, 15) is 18.3 Å². The number of halogens is 3. The van der Waals surface area contributed by atoms with Crippen molar-refractivity contribution in [2.24, 2.45) is 0 Å². The van der Waals surface area contributed by atoms with E-state index in [0.717, 1.165) is 25.0 Å². The van der Waals surface area contributed by atoms with Crippen molar-refractivity contribution in [3.05, 3.63) is 54.1 Å². The first-order valence-corrected chi connectivity index (χ1v) is 8.81. The van der Waals surface area contributed by atoms with Gasteiger partial charge in [-0.25, -0.2) is 0 Å². The van der Waals surface area contributed by atoms with Gasteiger partial charge in [-0.2, -0.15) is 13.2 Å². The first-order chi connectivity index (χ1) is 13.4. The Morgan fingerprint density at radius 3 is 2.39 bits per heavy atom. The molecule has 4 nitrogen and oxygen atoms in total. The maximum atomic E-state index is 13.3. The molecule has 0 atom stereocenters. The zero-order chi connectivity index (χ0) is 19.9. The molecule has 0 unspecified atom stereocenters. The predicted molar refractivity (Wildman–Crippen MR) is 99.4 cm³/mol. The number of nitrogens with one attached hydrogen (secondary N) is 1. The van der Waals surface area contributed by atoms with Crippen LogP contribution in [0, 0.1) is 0 Å². The summed E-state index contributed by atoms with van der Waals surface area (Å²) in [6, 6.07) is 12.5. The summed E-state index contributed by atoms with van der Waals surface area (Å²) < 4.78 is 50.9. The lowest BCUT2D eigenvalue weighted by atomic mass is 10.0. The Morgan fingerprint density at radius 1 is 1.07 bits per heavy atom. The third-order valence-corrected chi connectivity index (χ3v) is 4.59. The van der Waals surface area contributed by atoms with Crippen molar-refractivity contribution >= 4 is 5.88 Å². The SMILES string of the molecule is COc1cc(-c2c(NC3CC3)oc(-c3ccccc3)c2O)cc(C(F)(F)F)c1. The molecule has 0 radical (unpaired) electrons. The number of methoxy groups -OCH3 is 1. The molecule has 2 N–H and O–H groups in total. The first kappa shape index (κ1) is 18.3. The summed E-state index contributed by atoms with van der Waals surface area (Å²) in [5, 5.41) is 14.0. The summed E-state index contributed by atoms with van der Waals surface area (Å²) in [4.78, 5) is 0. The maximum Gasteiger partial charge on any atom is 0.416 e. The molecule has 1 aromatic heterocycles. The van der Waals surface area contributed by atoms with E-state index in [1.807, 2.05) is 6.07 Å². The third-order valence-electron chi connectivity index (χ3n) is 4.59. The van der Waals surface area contributed by atoms with Crippen LogP contribution in [0.4, 0.5) is 19.1 Å². The molecule has 1 saturated carbocycles. The van der Waals surface area contributed by atoms with Gasteiger partial charge in [0, 0.05) is 11.6 Å². The Hall–Kier alpha value is -3.09. The lowest BCUT2D eigenvalue weighted by Crippen LogP contribution is -2.06. The average molecular weight is 389 g/mol. The molecule has 3 aromatic rings. The van der Waals surface area contributed by atoms with Gasteiger partial charge < -0.3 is 19.6 Å². The highest BCUT2D eigenvalue weighted by Gasteiger charge is 2.33. The number of rotatable bonds is 5. The van der Waals surface area contributed by atoms with Crippen LogP contribution in [0.2, 0.25) is 0 Å². The molecule has 7 heteroatoms. The second-order valence-corrected chi connectivity index (χ2v) is 6.72. The molecule has 0 bridgehead atoms. The summed E-state index contributed by atoms with van der Waals surface area (Å²) >= 11 is 0. The molecule has 0 spiro atoms. The summed E-state index contributed by atoms with van der Waals surface area (Å²) in [6.45, 7) is 0. The minimum atomic E-state index is -4.55. The normalized spacial score (nSPS) is 14.1. The first-order valence-electron chi connectivity index (χ1n) is 8.81. The average Bonchev–Trinajstić information content (AvgIpc) is 3.43.